The molecule has 2 heterocycles. The van der Waals surface area contributed by atoms with Gasteiger partial charge in [0.25, 0.3) is 0 Å². The summed E-state index contributed by atoms with van der Waals surface area (Å²) < 4.78 is 0. The van der Waals surface area contributed by atoms with Crippen LogP contribution in [0, 0.1) is 11.8 Å². The van der Waals surface area contributed by atoms with Crippen molar-refractivity contribution in [2.75, 3.05) is 13.1 Å². The number of likely N-dealkylation sites (tertiary alicyclic amines) is 1. The number of aromatic nitrogens is 1. The van der Waals surface area contributed by atoms with Gasteiger partial charge in [0.1, 0.15) is 0 Å². The molecule has 1 saturated heterocycles. The van der Waals surface area contributed by atoms with Crippen molar-refractivity contribution in [3.05, 3.63) is 29.1 Å². The number of hydrogen-bond donors (Lipinski definition) is 2. The lowest BCUT2D eigenvalue weighted by molar-refractivity contribution is -0.143. The van der Waals surface area contributed by atoms with Crippen molar-refractivity contribution >= 4 is 12.0 Å². The van der Waals surface area contributed by atoms with E-state index in [1.807, 2.05) is 13.0 Å². The van der Waals surface area contributed by atoms with E-state index >= 15 is 0 Å². The molecule has 0 radical (unpaired) electrons. The van der Waals surface area contributed by atoms with E-state index < -0.39 is 11.9 Å². The fourth-order valence-electron chi connectivity index (χ4n) is 3.70. The smallest absolute Gasteiger partial charge is 0.317 e. The Labute approximate surface area is 142 Å². The summed E-state index contributed by atoms with van der Waals surface area (Å²) in [6, 6.07) is 3.89. The fraction of sp³-hybridized carbons (Fsp3) is 0.611. The zero-order chi connectivity index (χ0) is 17.1. The molecule has 2 atom stereocenters. The van der Waals surface area contributed by atoms with Crippen molar-refractivity contribution in [1.82, 2.24) is 15.2 Å². The third kappa shape index (κ3) is 3.86. The molecule has 2 aliphatic rings. The molecular weight excluding hydrogens is 306 g/mol. The predicted octanol–water partition coefficient (Wildman–Crippen LogP) is 2.21. The number of amides is 2. The minimum Gasteiger partial charge on any atom is -0.481 e. The topological polar surface area (TPSA) is 82.5 Å². The second-order valence-electron chi connectivity index (χ2n) is 7.06. The van der Waals surface area contributed by atoms with E-state index in [1.165, 1.54) is 18.4 Å². The molecule has 3 rings (SSSR count). The summed E-state index contributed by atoms with van der Waals surface area (Å²) in [6.45, 7) is 3.26. The van der Waals surface area contributed by atoms with Gasteiger partial charge in [0, 0.05) is 18.8 Å². The van der Waals surface area contributed by atoms with Crippen LogP contribution in [-0.4, -0.2) is 40.1 Å². The third-order valence-corrected chi connectivity index (χ3v) is 4.95. The number of nitrogens with one attached hydrogen (secondary N) is 1. The average Bonchev–Trinajstić information content (AvgIpc) is 2.58. The highest BCUT2D eigenvalue weighted by atomic mass is 16.4. The van der Waals surface area contributed by atoms with Gasteiger partial charge in [-0.25, -0.2) is 4.79 Å². The summed E-state index contributed by atoms with van der Waals surface area (Å²) in [5, 5.41) is 12.1. The summed E-state index contributed by atoms with van der Waals surface area (Å²) in [4.78, 5) is 29.9. The maximum absolute atomic E-state index is 12.4. The van der Waals surface area contributed by atoms with Crippen molar-refractivity contribution in [3.63, 3.8) is 0 Å². The number of aliphatic carboxylic acids is 1. The molecule has 6 nitrogen and oxygen atoms in total. The lowest BCUT2D eigenvalue weighted by Crippen LogP contribution is -2.49. The Morgan fingerprint density at radius 2 is 2.08 bits per heavy atom. The van der Waals surface area contributed by atoms with Gasteiger partial charge >= 0.3 is 12.0 Å². The average molecular weight is 331 g/mol. The van der Waals surface area contributed by atoms with Crippen molar-refractivity contribution in [3.8, 4) is 0 Å². The molecule has 1 aliphatic heterocycles. The second-order valence-corrected chi connectivity index (χ2v) is 7.06. The van der Waals surface area contributed by atoms with Gasteiger partial charge in [0.2, 0.25) is 0 Å². The van der Waals surface area contributed by atoms with Crippen molar-refractivity contribution in [2.45, 2.75) is 45.6 Å². The Morgan fingerprint density at radius 3 is 2.88 bits per heavy atom. The second kappa shape index (κ2) is 7.20. The van der Waals surface area contributed by atoms with Gasteiger partial charge in [-0.05, 0) is 49.7 Å². The minimum atomic E-state index is -0.823. The number of carboxylic acid groups (broad SMARTS) is 1. The van der Waals surface area contributed by atoms with E-state index in [0.717, 1.165) is 24.2 Å². The molecule has 130 valence electrons. The van der Waals surface area contributed by atoms with Crippen molar-refractivity contribution in [2.24, 2.45) is 11.8 Å². The Balaban J connectivity index is 1.58. The lowest BCUT2D eigenvalue weighted by Gasteiger charge is -2.34. The number of piperidine rings is 1. The predicted molar refractivity (Wildman–Crippen MR) is 89.6 cm³/mol. The van der Waals surface area contributed by atoms with Gasteiger partial charge in [0.15, 0.2) is 0 Å². The number of hydrogen-bond acceptors (Lipinski definition) is 3. The van der Waals surface area contributed by atoms with Crippen LogP contribution in [0.15, 0.2) is 12.1 Å². The quantitative estimate of drug-likeness (QED) is 0.889. The number of carbonyl (C=O) groups is 2. The summed E-state index contributed by atoms with van der Waals surface area (Å²) in [7, 11) is 0. The molecule has 1 fully saturated rings. The molecule has 0 aromatic carbocycles. The first-order chi connectivity index (χ1) is 11.5. The zero-order valence-corrected chi connectivity index (χ0v) is 14.1. The van der Waals surface area contributed by atoms with E-state index in [-0.39, 0.29) is 18.5 Å². The number of rotatable bonds is 3. The Hall–Kier alpha value is -2.11. The molecule has 0 bridgehead atoms. The van der Waals surface area contributed by atoms with Crippen LogP contribution in [0.2, 0.25) is 0 Å². The van der Waals surface area contributed by atoms with E-state index in [1.54, 1.807) is 4.90 Å². The van der Waals surface area contributed by atoms with Gasteiger partial charge < -0.3 is 15.3 Å². The van der Waals surface area contributed by atoms with E-state index in [4.69, 9.17) is 0 Å². The molecule has 6 heteroatoms. The molecule has 1 aromatic heterocycles. The largest absolute Gasteiger partial charge is 0.481 e. The first-order valence-corrected chi connectivity index (χ1v) is 8.76. The number of carboxylic acids is 1. The number of carbonyl (C=O) groups excluding carboxylic acids is 1. The van der Waals surface area contributed by atoms with E-state index in [2.05, 4.69) is 16.4 Å². The standard InChI is InChI=1S/C18H25N3O3/c1-12-8-14(17(22)23)11-21(10-12)18(24)19-9-15-7-6-13-4-2-3-5-16(13)20-15/h6-7,12,14H,2-5,8-11H2,1H3,(H,19,24)(H,22,23). The highest BCUT2D eigenvalue weighted by Crippen LogP contribution is 2.22. The van der Waals surface area contributed by atoms with E-state index in [0.29, 0.717) is 19.5 Å². The number of fused-ring (bicyclic) bond motifs is 1. The number of aryl methyl sites for hydroxylation is 2. The van der Waals surface area contributed by atoms with Crippen molar-refractivity contribution < 1.29 is 14.7 Å². The van der Waals surface area contributed by atoms with Crippen LogP contribution in [0.1, 0.15) is 43.1 Å². The maximum Gasteiger partial charge on any atom is 0.317 e. The monoisotopic (exact) mass is 331 g/mol. The summed E-state index contributed by atoms with van der Waals surface area (Å²) in [5.74, 6) is -1.09. The zero-order valence-electron chi connectivity index (χ0n) is 14.1. The Bertz CT molecular complexity index is 632. The number of pyridine rings is 1. The van der Waals surface area contributed by atoms with Crippen LogP contribution in [0.5, 0.6) is 0 Å². The normalized spacial score (nSPS) is 23.5. The lowest BCUT2D eigenvalue weighted by atomic mass is 9.91. The Morgan fingerprint density at radius 1 is 1.29 bits per heavy atom. The maximum atomic E-state index is 12.4. The summed E-state index contributed by atoms with van der Waals surface area (Å²) in [6.07, 6.45) is 5.14. The molecule has 1 aliphatic carbocycles. The highest BCUT2D eigenvalue weighted by molar-refractivity contribution is 5.76. The molecule has 2 N–H and O–H groups in total. The number of nitrogens with zero attached hydrogens (tertiary/aromatic N) is 2. The molecule has 2 unspecified atom stereocenters. The van der Waals surface area contributed by atoms with Crippen LogP contribution in [0.25, 0.3) is 0 Å². The highest BCUT2D eigenvalue weighted by Gasteiger charge is 2.31. The van der Waals surface area contributed by atoms with Crippen molar-refractivity contribution in [1.29, 1.82) is 0 Å². The SMILES string of the molecule is CC1CC(C(=O)O)CN(C(=O)NCc2ccc3c(n2)CCCC3)C1. The molecule has 0 spiro atoms. The van der Waals surface area contributed by atoms with Gasteiger partial charge in [-0.1, -0.05) is 13.0 Å². The van der Waals surface area contributed by atoms with Crippen LogP contribution in [0.3, 0.4) is 0 Å². The van der Waals surface area contributed by atoms with Gasteiger partial charge in [-0.2, -0.15) is 0 Å². The van der Waals surface area contributed by atoms with Gasteiger partial charge in [0.05, 0.1) is 18.2 Å². The molecular formula is C18H25N3O3. The number of urea groups is 1. The molecule has 2 amide bonds. The Kier molecular flexibility index (Phi) is 5.02. The molecule has 0 saturated carbocycles. The van der Waals surface area contributed by atoms with Gasteiger partial charge in [-0.15, -0.1) is 0 Å². The van der Waals surface area contributed by atoms with Crippen LogP contribution in [0.4, 0.5) is 4.79 Å². The molecule has 1 aromatic rings. The first kappa shape index (κ1) is 16.7. The summed E-state index contributed by atoms with van der Waals surface area (Å²) in [5.41, 5.74) is 3.35. The molecule has 24 heavy (non-hydrogen) atoms. The van der Waals surface area contributed by atoms with Crippen LogP contribution in [-0.2, 0) is 24.2 Å². The fourth-order valence-corrected chi connectivity index (χ4v) is 3.70. The van der Waals surface area contributed by atoms with Gasteiger partial charge in [-0.3, -0.25) is 9.78 Å². The third-order valence-electron chi connectivity index (χ3n) is 4.95. The van der Waals surface area contributed by atoms with E-state index in [9.17, 15) is 14.7 Å². The van der Waals surface area contributed by atoms with Crippen LogP contribution >= 0.6 is 0 Å². The summed E-state index contributed by atoms with van der Waals surface area (Å²) >= 11 is 0. The minimum absolute atomic E-state index is 0.201. The first-order valence-electron chi connectivity index (χ1n) is 8.76. The van der Waals surface area contributed by atoms with Crippen LogP contribution < -0.4 is 5.32 Å².